The highest BCUT2D eigenvalue weighted by Crippen LogP contribution is 2.02. The molecule has 0 aromatic carbocycles. The van der Waals surface area contributed by atoms with E-state index in [9.17, 15) is 13.2 Å². The number of H-pyrrole nitrogens is 1. The molecule has 3 N–H and O–H groups in total. The van der Waals surface area contributed by atoms with Gasteiger partial charge in [-0.3, -0.25) is 4.79 Å². The highest BCUT2D eigenvalue weighted by atomic mass is 32.2. The molecule has 0 unspecified atom stereocenters. The Morgan fingerprint density at radius 2 is 2.33 bits per heavy atom. The van der Waals surface area contributed by atoms with E-state index in [0.717, 1.165) is 6.42 Å². The molecule has 1 aromatic rings. The summed E-state index contributed by atoms with van der Waals surface area (Å²) in [6.07, 6.45) is 4.17. The summed E-state index contributed by atoms with van der Waals surface area (Å²) in [6.45, 7) is 1.87. The fourth-order valence-electron chi connectivity index (χ4n) is 1.41. The highest BCUT2D eigenvalue weighted by Gasteiger charge is 2.24. The molecule has 102 valence electrons. The van der Waals surface area contributed by atoms with Gasteiger partial charge in [0.05, 0.1) is 12.1 Å². The van der Waals surface area contributed by atoms with Gasteiger partial charge in [-0.2, -0.15) is 0 Å². The summed E-state index contributed by atoms with van der Waals surface area (Å²) in [5.74, 6) is -1.26. The molecule has 1 rings (SSSR count). The number of carboxylic acid groups (broad SMARTS) is 1. The lowest BCUT2D eigenvalue weighted by atomic mass is 10.2. The van der Waals surface area contributed by atoms with Crippen LogP contribution in [0.5, 0.6) is 0 Å². The van der Waals surface area contributed by atoms with Crippen LogP contribution in [-0.2, 0) is 21.2 Å². The fourth-order valence-corrected chi connectivity index (χ4v) is 2.81. The van der Waals surface area contributed by atoms with Crippen molar-refractivity contribution in [1.82, 2.24) is 14.7 Å². The van der Waals surface area contributed by atoms with Crippen molar-refractivity contribution in [2.24, 2.45) is 0 Å². The molecule has 0 aliphatic rings. The van der Waals surface area contributed by atoms with Crippen molar-refractivity contribution in [2.45, 2.75) is 32.2 Å². The first-order valence-corrected chi connectivity index (χ1v) is 7.30. The Bertz CT molecular complexity index is 469. The minimum atomic E-state index is -3.56. The first kappa shape index (κ1) is 14.7. The van der Waals surface area contributed by atoms with Crippen LogP contribution in [0.15, 0.2) is 12.5 Å². The number of unbranched alkanes of at least 4 members (excludes halogenated alkanes) is 1. The van der Waals surface area contributed by atoms with E-state index in [0.29, 0.717) is 12.1 Å². The lowest BCUT2D eigenvalue weighted by Gasteiger charge is -2.13. The fraction of sp³-hybridized carbons (Fsp3) is 0.600. The lowest BCUT2D eigenvalue weighted by Crippen LogP contribution is -2.43. The molecule has 1 aromatic heterocycles. The quantitative estimate of drug-likeness (QED) is 0.624. The summed E-state index contributed by atoms with van der Waals surface area (Å²) < 4.78 is 25.5. The standard InChI is InChI=1S/C10H17N3O4S/c1-2-3-4-18(16,17)13-9(10(14)15)5-8-6-11-7-12-8/h6-7,9,13H,2-5H2,1H3,(H,11,12)(H,14,15)/t9-/m1/s1. The zero-order chi connectivity index (χ0) is 13.6. The van der Waals surface area contributed by atoms with Gasteiger partial charge in [-0.1, -0.05) is 13.3 Å². The van der Waals surface area contributed by atoms with Gasteiger partial charge in [-0.05, 0) is 6.42 Å². The number of hydrogen-bond donors (Lipinski definition) is 3. The minimum absolute atomic E-state index is 0.0423. The molecule has 1 atom stereocenters. The van der Waals surface area contributed by atoms with E-state index in [1.807, 2.05) is 6.92 Å². The average molecular weight is 275 g/mol. The summed E-state index contributed by atoms with van der Waals surface area (Å²) >= 11 is 0. The Morgan fingerprint density at radius 1 is 1.61 bits per heavy atom. The van der Waals surface area contributed by atoms with Crippen molar-refractivity contribution in [3.8, 4) is 0 Å². The van der Waals surface area contributed by atoms with Crippen molar-refractivity contribution in [3.63, 3.8) is 0 Å². The molecule has 0 fully saturated rings. The summed E-state index contributed by atoms with van der Waals surface area (Å²) in [5.41, 5.74) is 0.570. The second-order valence-electron chi connectivity index (χ2n) is 3.96. The van der Waals surface area contributed by atoms with E-state index >= 15 is 0 Å². The smallest absolute Gasteiger partial charge is 0.322 e. The maximum absolute atomic E-state index is 11.6. The van der Waals surface area contributed by atoms with Crippen LogP contribution >= 0.6 is 0 Å². The maximum atomic E-state index is 11.6. The molecular formula is C10H17N3O4S. The van der Waals surface area contributed by atoms with E-state index < -0.39 is 22.0 Å². The van der Waals surface area contributed by atoms with Crippen LogP contribution in [0.1, 0.15) is 25.5 Å². The number of nitrogens with one attached hydrogen (secondary N) is 2. The second kappa shape index (κ2) is 6.50. The molecule has 0 bridgehead atoms. The second-order valence-corrected chi connectivity index (χ2v) is 5.84. The van der Waals surface area contributed by atoms with Crippen molar-refractivity contribution in [2.75, 3.05) is 5.75 Å². The molecular weight excluding hydrogens is 258 g/mol. The zero-order valence-corrected chi connectivity index (χ0v) is 10.9. The molecule has 8 heteroatoms. The molecule has 0 aliphatic carbocycles. The summed E-state index contributed by atoms with van der Waals surface area (Å²) in [4.78, 5) is 17.5. The lowest BCUT2D eigenvalue weighted by molar-refractivity contribution is -0.138. The van der Waals surface area contributed by atoms with Gasteiger partial charge in [0, 0.05) is 18.3 Å². The zero-order valence-electron chi connectivity index (χ0n) is 10.1. The van der Waals surface area contributed by atoms with Crippen LogP contribution < -0.4 is 4.72 Å². The number of carboxylic acids is 1. The van der Waals surface area contributed by atoms with Gasteiger partial charge < -0.3 is 10.1 Å². The Labute approximate surface area is 106 Å². The number of imidazole rings is 1. The molecule has 0 amide bonds. The first-order valence-electron chi connectivity index (χ1n) is 5.64. The Hall–Kier alpha value is -1.41. The minimum Gasteiger partial charge on any atom is -0.480 e. The predicted octanol–water partition coefficient (Wildman–Crippen LogP) is 0.125. The summed E-state index contributed by atoms with van der Waals surface area (Å²) in [5, 5.41) is 9.00. The Kier molecular flexibility index (Phi) is 5.29. The van der Waals surface area contributed by atoms with E-state index in [4.69, 9.17) is 5.11 Å². The molecule has 7 nitrogen and oxygen atoms in total. The third-order valence-corrected chi connectivity index (χ3v) is 3.84. The number of aromatic amines is 1. The topological polar surface area (TPSA) is 112 Å². The van der Waals surface area contributed by atoms with Gasteiger partial charge in [0.1, 0.15) is 6.04 Å². The van der Waals surface area contributed by atoms with Crippen molar-refractivity contribution >= 4 is 16.0 Å². The third kappa shape index (κ3) is 4.84. The SMILES string of the molecule is CCCCS(=O)(=O)N[C@H](Cc1cnc[nH]1)C(=O)O. The Morgan fingerprint density at radius 3 is 2.83 bits per heavy atom. The molecule has 0 saturated carbocycles. The van der Waals surface area contributed by atoms with Gasteiger partial charge >= 0.3 is 5.97 Å². The van der Waals surface area contributed by atoms with E-state index in [-0.39, 0.29) is 12.2 Å². The monoisotopic (exact) mass is 275 g/mol. The van der Waals surface area contributed by atoms with Crippen LogP contribution in [0.4, 0.5) is 0 Å². The number of carbonyl (C=O) groups is 1. The highest BCUT2D eigenvalue weighted by molar-refractivity contribution is 7.89. The van der Waals surface area contributed by atoms with Gasteiger partial charge in [0.15, 0.2) is 0 Å². The van der Waals surface area contributed by atoms with Crippen LogP contribution in [-0.4, -0.2) is 41.3 Å². The number of rotatable bonds is 8. The predicted molar refractivity (Wildman–Crippen MR) is 65.5 cm³/mol. The largest absolute Gasteiger partial charge is 0.480 e. The average Bonchev–Trinajstić information content (AvgIpc) is 2.78. The van der Waals surface area contributed by atoms with Crippen LogP contribution in [0.2, 0.25) is 0 Å². The van der Waals surface area contributed by atoms with Crippen molar-refractivity contribution in [1.29, 1.82) is 0 Å². The van der Waals surface area contributed by atoms with E-state index in [1.165, 1.54) is 12.5 Å². The normalized spacial score (nSPS) is 13.4. The number of aromatic nitrogens is 2. The van der Waals surface area contributed by atoms with Gasteiger partial charge in [0.25, 0.3) is 0 Å². The Balaban J connectivity index is 2.66. The third-order valence-electron chi connectivity index (χ3n) is 2.37. The summed E-state index contributed by atoms with van der Waals surface area (Å²) in [6, 6.07) is -1.17. The molecule has 18 heavy (non-hydrogen) atoms. The van der Waals surface area contributed by atoms with Crippen LogP contribution in [0, 0.1) is 0 Å². The number of sulfonamides is 1. The van der Waals surface area contributed by atoms with Crippen molar-refractivity contribution in [3.05, 3.63) is 18.2 Å². The molecule has 1 heterocycles. The van der Waals surface area contributed by atoms with E-state index in [2.05, 4.69) is 14.7 Å². The molecule has 0 radical (unpaired) electrons. The summed E-state index contributed by atoms with van der Waals surface area (Å²) in [7, 11) is -3.56. The van der Waals surface area contributed by atoms with Crippen LogP contribution in [0.3, 0.4) is 0 Å². The number of nitrogens with zero attached hydrogens (tertiary/aromatic N) is 1. The number of hydrogen-bond acceptors (Lipinski definition) is 4. The first-order chi connectivity index (χ1) is 8.44. The van der Waals surface area contributed by atoms with Gasteiger partial charge in [0.2, 0.25) is 10.0 Å². The molecule has 0 saturated heterocycles. The van der Waals surface area contributed by atoms with Crippen LogP contribution in [0.25, 0.3) is 0 Å². The molecule has 0 aliphatic heterocycles. The maximum Gasteiger partial charge on any atom is 0.322 e. The van der Waals surface area contributed by atoms with Gasteiger partial charge in [-0.15, -0.1) is 0 Å². The van der Waals surface area contributed by atoms with Crippen molar-refractivity contribution < 1.29 is 18.3 Å². The van der Waals surface area contributed by atoms with E-state index in [1.54, 1.807) is 0 Å². The number of aliphatic carboxylic acids is 1. The molecule has 0 spiro atoms. The van der Waals surface area contributed by atoms with Gasteiger partial charge in [-0.25, -0.2) is 18.1 Å².